The Bertz CT molecular complexity index is 1440. The number of Topliss-reactive ketones (excluding diaryl/α,β-unsaturated/α-hetero) is 2. The molecule has 1 spiro atoms. The lowest BCUT2D eigenvalue weighted by atomic mass is 9.49. The summed E-state index contributed by atoms with van der Waals surface area (Å²) < 4.78 is 28.6. The van der Waals surface area contributed by atoms with Gasteiger partial charge in [0.1, 0.15) is 5.78 Å². The molecule has 2 aliphatic heterocycles. The van der Waals surface area contributed by atoms with Gasteiger partial charge in [0.2, 0.25) is 0 Å². The molecule has 1 aromatic carbocycles. The number of aliphatic hydroxyl groups is 1. The monoisotopic (exact) mass is 769 g/mol. The minimum Gasteiger partial charge on any atom is -0.477 e. The molecule has 1 amide bonds. The molecule has 55 heavy (non-hydrogen) atoms. The number of hydrogen-bond acceptors (Lipinski definition) is 11. The second-order valence-corrected chi connectivity index (χ2v) is 16.5. The second-order valence-electron chi connectivity index (χ2n) is 16.5. The molecule has 4 atom stereocenters. The predicted octanol–water partition coefficient (Wildman–Crippen LogP) is 5.38. The van der Waals surface area contributed by atoms with E-state index in [0.717, 1.165) is 88.9 Å². The standard InChI is InChI=1S/C43H67N3O9/c1-3-44-21-11-23-45(22-9-8-13-34(47)12-7-5-4-6-10-25-52-28-29-53-27-26-51-2)41(49)54-36-17-16-33-30-37-43(50)19-18-35(48)40-42(43,38(33)39(36)55-40)20-24-46(37)31-32-14-15-32/h16-17,32,37,40,44,50H,3-15,18-31H2,1-2H3/t37-,40+,42+,43-/m1/s1. The molecule has 3 aliphatic carbocycles. The average Bonchev–Trinajstić information content (AvgIpc) is 3.92. The largest absolute Gasteiger partial charge is 0.477 e. The summed E-state index contributed by atoms with van der Waals surface area (Å²) in [6.45, 7) is 9.67. The number of carbonyl (C=O) groups excluding carboxylic acids is 3. The van der Waals surface area contributed by atoms with Crippen molar-refractivity contribution in [2.45, 2.75) is 133 Å². The Morgan fingerprint density at radius 3 is 2.45 bits per heavy atom. The Morgan fingerprint density at radius 1 is 0.945 bits per heavy atom. The van der Waals surface area contributed by atoms with E-state index in [2.05, 4.69) is 17.1 Å². The maximum atomic E-state index is 13.8. The maximum absolute atomic E-state index is 13.8. The van der Waals surface area contributed by atoms with Gasteiger partial charge in [-0.1, -0.05) is 32.3 Å². The summed E-state index contributed by atoms with van der Waals surface area (Å²) in [5.74, 6) is 1.80. The summed E-state index contributed by atoms with van der Waals surface area (Å²) in [6.07, 6.45) is 11.9. The van der Waals surface area contributed by atoms with Crippen LogP contribution in [0, 0.1) is 5.92 Å². The topological polar surface area (TPSA) is 136 Å². The maximum Gasteiger partial charge on any atom is 0.415 e. The van der Waals surface area contributed by atoms with E-state index in [1.165, 1.54) is 12.8 Å². The molecule has 0 radical (unpaired) electrons. The molecule has 2 saturated carbocycles. The van der Waals surface area contributed by atoms with Crippen LogP contribution in [0.1, 0.15) is 114 Å². The van der Waals surface area contributed by atoms with E-state index in [-0.39, 0.29) is 17.6 Å². The fourth-order valence-corrected chi connectivity index (χ4v) is 9.63. The number of benzene rings is 1. The van der Waals surface area contributed by atoms with Crippen LogP contribution in [0.5, 0.6) is 11.5 Å². The molecule has 3 fully saturated rings. The van der Waals surface area contributed by atoms with Crippen LogP contribution < -0.4 is 14.8 Å². The quantitative estimate of drug-likeness (QED) is 0.112. The van der Waals surface area contributed by atoms with Crippen LogP contribution in [0.2, 0.25) is 0 Å². The van der Waals surface area contributed by atoms with Gasteiger partial charge in [-0.3, -0.25) is 14.5 Å². The Balaban J connectivity index is 0.976. The van der Waals surface area contributed by atoms with Crippen LogP contribution >= 0.6 is 0 Å². The SMILES string of the molecule is CCNCCCN(CCCCC(=O)CCCCCCCOCCOCCOC)C(=O)Oc1ccc2c3c1O[C@H]1C(=O)CC[C@@]4(O)[C@@H](C2)N(CC2CC2)CC[C@]314. The van der Waals surface area contributed by atoms with Crippen LogP contribution in [-0.2, 0) is 35.6 Å². The predicted molar refractivity (Wildman–Crippen MR) is 209 cm³/mol. The number of nitrogens with one attached hydrogen (secondary N) is 1. The lowest BCUT2D eigenvalue weighted by Crippen LogP contribution is -2.76. The summed E-state index contributed by atoms with van der Waals surface area (Å²) >= 11 is 0. The molecule has 5 aliphatic rings. The van der Waals surface area contributed by atoms with Crippen LogP contribution in [0.25, 0.3) is 0 Å². The average molecular weight is 770 g/mol. The van der Waals surface area contributed by atoms with E-state index in [4.69, 9.17) is 23.7 Å². The third-order valence-electron chi connectivity index (χ3n) is 12.7. The first-order valence-corrected chi connectivity index (χ1v) is 21.5. The first-order chi connectivity index (χ1) is 26.8. The van der Waals surface area contributed by atoms with Crippen LogP contribution in [0.15, 0.2) is 12.1 Å². The summed E-state index contributed by atoms with van der Waals surface area (Å²) in [4.78, 5) is 44.2. The molecule has 2 bridgehead atoms. The van der Waals surface area contributed by atoms with Gasteiger partial charge in [-0.2, -0.15) is 0 Å². The van der Waals surface area contributed by atoms with E-state index in [1.54, 1.807) is 12.0 Å². The zero-order valence-corrected chi connectivity index (χ0v) is 33.6. The number of carbonyl (C=O) groups is 3. The first-order valence-electron chi connectivity index (χ1n) is 21.5. The third kappa shape index (κ3) is 9.92. The van der Waals surface area contributed by atoms with Crippen LogP contribution in [0.3, 0.4) is 0 Å². The Kier molecular flexibility index (Phi) is 15.4. The van der Waals surface area contributed by atoms with Crippen molar-refractivity contribution < 1.29 is 43.2 Å². The number of piperidine rings is 1. The first kappa shape index (κ1) is 42.0. The number of hydrogen-bond donors (Lipinski definition) is 2. The van der Waals surface area contributed by atoms with E-state index in [9.17, 15) is 19.5 Å². The molecule has 1 aromatic rings. The van der Waals surface area contributed by atoms with E-state index < -0.39 is 23.2 Å². The van der Waals surface area contributed by atoms with Crippen molar-refractivity contribution >= 4 is 17.7 Å². The van der Waals surface area contributed by atoms with Gasteiger partial charge in [0.25, 0.3) is 0 Å². The molecular formula is C43H67N3O9. The molecule has 2 heterocycles. The van der Waals surface area contributed by atoms with E-state index >= 15 is 0 Å². The van der Waals surface area contributed by atoms with Crippen molar-refractivity contribution in [3.05, 3.63) is 23.3 Å². The number of rotatable bonds is 27. The van der Waals surface area contributed by atoms with Gasteiger partial charge in [-0.05, 0) is 101 Å². The van der Waals surface area contributed by atoms with Crippen molar-refractivity contribution in [2.24, 2.45) is 5.92 Å². The normalized spacial score (nSPS) is 25.1. The minimum atomic E-state index is -1.06. The zero-order valence-electron chi connectivity index (χ0n) is 33.6. The van der Waals surface area contributed by atoms with Crippen molar-refractivity contribution in [1.82, 2.24) is 15.1 Å². The van der Waals surface area contributed by atoms with Gasteiger partial charge in [0, 0.05) is 64.2 Å². The number of methoxy groups -OCH3 is 1. The summed E-state index contributed by atoms with van der Waals surface area (Å²) in [7, 11) is 1.66. The molecule has 2 N–H and O–H groups in total. The molecule has 0 aromatic heterocycles. The molecule has 308 valence electrons. The Labute approximate surface area is 328 Å². The van der Waals surface area contributed by atoms with Gasteiger partial charge < -0.3 is 39.0 Å². The molecule has 12 nitrogen and oxygen atoms in total. The summed E-state index contributed by atoms with van der Waals surface area (Å²) in [6, 6.07) is 3.80. The zero-order chi connectivity index (χ0) is 38.7. The van der Waals surface area contributed by atoms with E-state index in [1.807, 2.05) is 12.1 Å². The van der Waals surface area contributed by atoms with Gasteiger partial charge >= 0.3 is 6.09 Å². The molecule has 0 unspecified atom stereocenters. The Hall–Kier alpha value is -2.61. The highest BCUT2D eigenvalue weighted by Gasteiger charge is 2.73. The third-order valence-corrected chi connectivity index (χ3v) is 12.7. The lowest BCUT2D eigenvalue weighted by Gasteiger charge is -2.62. The molecule has 6 rings (SSSR count). The van der Waals surface area contributed by atoms with Crippen molar-refractivity contribution in [1.29, 1.82) is 0 Å². The van der Waals surface area contributed by atoms with Gasteiger partial charge in [0.05, 0.1) is 37.4 Å². The number of likely N-dealkylation sites (tertiary alicyclic amines) is 1. The smallest absolute Gasteiger partial charge is 0.415 e. The highest BCUT2D eigenvalue weighted by atomic mass is 16.6. The number of unbranched alkanes of at least 4 members (excludes halogenated alkanes) is 5. The number of ether oxygens (including phenoxy) is 5. The molecular weight excluding hydrogens is 702 g/mol. The van der Waals surface area contributed by atoms with Crippen LogP contribution in [0.4, 0.5) is 4.79 Å². The molecule has 12 heteroatoms. The van der Waals surface area contributed by atoms with Gasteiger partial charge in [-0.15, -0.1) is 0 Å². The fraction of sp³-hybridized carbons (Fsp3) is 0.791. The summed E-state index contributed by atoms with van der Waals surface area (Å²) in [5.41, 5.74) is 0.106. The van der Waals surface area contributed by atoms with E-state index in [0.29, 0.717) is 102 Å². The number of nitrogens with zero attached hydrogens (tertiary/aromatic N) is 2. The highest BCUT2D eigenvalue weighted by molar-refractivity contribution is 5.90. The van der Waals surface area contributed by atoms with Crippen molar-refractivity contribution in [3.8, 4) is 11.5 Å². The molecule has 1 saturated heterocycles. The second kappa shape index (κ2) is 20.2. The number of ketones is 2. The highest BCUT2D eigenvalue weighted by Crippen LogP contribution is 2.65. The van der Waals surface area contributed by atoms with Gasteiger partial charge in [-0.25, -0.2) is 4.79 Å². The Morgan fingerprint density at radius 2 is 1.67 bits per heavy atom. The summed E-state index contributed by atoms with van der Waals surface area (Å²) in [5, 5.41) is 15.9. The van der Waals surface area contributed by atoms with Crippen LogP contribution in [-0.4, -0.2) is 130 Å². The van der Waals surface area contributed by atoms with Crippen molar-refractivity contribution in [3.63, 3.8) is 0 Å². The van der Waals surface area contributed by atoms with Gasteiger partial charge in [0.15, 0.2) is 23.4 Å². The van der Waals surface area contributed by atoms with Crippen molar-refractivity contribution in [2.75, 3.05) is 79.4 Å². The minimum absolute atomic E-state index is 0.0254. The number of amides is 1. The fourth-order valence-electron chi connectivity index (χ4n) is 9.63. The lowest BCUT2D eigenvalue weighted by molar-refractivity contribution is -0.188.